The molecule has 1 saturated heterocycles. The average Bonchev–Trinajstić information content (AvgIpc) is 3.16. The van der Waals surface area contributed by atoms with Gasteiger partial charge in [0.25, 0.3) is 0 Å². The molecule has 1 aromatic heterocycles. The molecule has 0 saturated carbocycles. The van der Waals surface area contributed by atoms with E-state index in [-0.39, 0.29) is 0 Å². The lowest BCUT2D eigenvalue weighted by atomic mass is 10.1. The van der Waals surface area contributed by atoms with Crippen molar-refractivity contribution in [2.45, 2.75) is 32.9 Å². The Kier molecular flexibility index (Phi) is 6.74. The third-order valence-corrected chi connectivity index (χ3v) is 5.20. The monoisotopic (exact) mass is 372 g/mol. The minimum atomic E-state index is 0.469. The Balaban J connectivity index is 1.48. The molecule has 27 heavy (non-hydrogen) atoms. The molecule has 1 aliphatic rings. The molecule has 0 N–H and O–H groups in total. The summed E-state index contributed by atoms with van der Waals surface area (Å²) in [5.74, 6) is 3.35. The molecule has 0 atom stereocenters. The Labute approximate surface area is 162 Å². The second-order valence-electron chi connectivity index (χ2n) is 7.47. The Morgan fingerprint density at radius 1 is 0.926 bits per heavy atom. The van der Waals surface area contributed by atoms with Gasteiger partial charge in [-0.15, -0.1) is 0 Å². The van der Waals surface area contributed by atoms with E-state index < -0.39 is 0 Å². The van der Waals surface area contributed by atoms with Crippen molar-refractivity contribution >= 4 is 0 Å². The van der Waals surface area contributed by atoms with Crippen molar-refractivity contribution in [3.05, 3.63) is 42.0 Å². The molecule has 3 rings (SSSR count). The zero-order valence-electron chi connectivity index (χ0n) is 17.0. The van der Waals surface area contributed by atoms with E-state index in [4.69, 9.17) is 9.47 Å². The van der Waals surface area contributed by atoms with Gasteiger partial charge in [-0.1, -0.05) is 13.8 Å². The van der Waals surface area contributed by atoms with Crippen LogP contribution in [0.25, 0.3) is 0 Å². The molecule has 1 aromatic carbocycles. The number of aromatic nitrogens is 2. The number of piperazine rings is 1. The molecule has 6 heteroatoms. The van der Waals surface area contributed by atoms with E-state index in [1.54, 1.807) is 14.2 Å². The maximum Gasteiger partial charge on any atom is 0.122 e. The van der Waals surface area contributed by atoms with Crippen molar-refractivity contribution in [2.75, 3.05) is 46.9 Å². The number of methoxy groups -OCH3 is 2. The van der Waals surface area contributed by atoms with Crippen LogP contribution in [0.2, 0.25) is 0 Å². The summed E-state index contributed by atoms with van der Waals surface area (Å²) >= 11 is 0. The Morgan fingerprint density at radius 2 is 1.56 bits per heavy atom. The highest BCUT2D eigenvalue weighted by atomic mass is 16.5. The first-order valence-electron chi connectivity index (χ1n) is 9.76. The van der Waals surface area contributed by atoms with Crippen LogP contribution >= 0.6 is 0 Å². The fourth-order valence-electron chi connectivity index (χ4n) is 3.65. The summed E-state index contributed by atoms with van der Waals surface area (Å²) in [5, 5.41) is 0. The van der Waals surface area contributed by atoms with Crippen molar-refractivity contribution in [2.24, 2.45) is 0 Å². The van der Waals surface area contributed by atoms with Crippen LogP contribution in [0.3, 0.4) is 0 Å². The molecular weight excluding hydrogens is 340 g/mol. The number of hydrogen-bond acceptors (Lipinski definition) is 5. The van der Waals surface area contributed by atoms with Crippen molar-refractivity contribution < 1.29 is 9.47 Å². The summed E-state index contributed by atoms with van der Waals surface area (Å²) < 4.78 is 13.1. The van der Waals surface area contributed by atoms with Gasteiger partial charge in [-0.3, -0.25) is 9.80 Å². The fourth-order valence-corrected chi connectivity index (χ4v) is 3.65. The highest BCUT2D eigenvalue weighted by Gasteiger charge is 2.18. The second-order valence-corrected chi connectivity index (χ2v) is 7.47. The van der Waals surface area contributed by atoms with Gasteiger partial charge >= 0.3 is 0 Å². The number of imidazole rings is 1. The molecule has 0 radical (unpaired) electrons. The zero-order chi connectivity index (χ0) is 19.2. The maximum atomic E-state index is 5.38. The van der Waals surface area contributed by atoms with E-state index in [0.717, 1.165) is 57.3 Å². The van der Waals surface area contributed by atoms with Crippen molar-refractivity contribution in [1.82, 2.24) is 19.4 Å². The molecule has 2 heterocycles. The van der Waals surface area contributed by atoms with Gasteiger partial charge in [0, 0.05) is 70.2 Å². The van der Waals surface area contributed by atoms with Gasteiger partial charge in [0.05, 0.1) is 14.2 Å². The predicted octanol–water partition coefficient (Wildman–Crippen LogP) is 2.84. The molecule has 1 fully saturated rings. The molecular formula is C21H32N4O2. The number of benzene rings is 1. The summed E-state index contributed by atoms with van der Waals surface area (Å²) in [7, 11) is 3.39. The van der Waals surface area contributed by atoms with E-state index in [9.17, 15) is 0 Å². The largest absolute Gasteiger partial charge is 0.497 e. The maximum absolute atomic E-state index is 5.38. The molecule has 0 aliphatic carbocycles. The topological polar surface area (TPSA) is 42.8 Å². The van der Waals surface area contributed by atoms with Gasteiger partial charge in [-0.05, 0) is 17.7 Å². The van der Waals surface area contributed by atoms with Crippen molar-refractivity contribution in [1.29, 1.82) is 0 Å². The van der Waals surface area contributed by atoms with Gasteiger partial charge in [-0.25, -0.2) is 4.98 Å². The fraction of sp³-hybridized carbons (Fsp3) is 0.571. The van der Waals surface area contributed by atoms with Crippen molar-refractivity contribution in [3.63, 3.8) is 0 Å². The molecule has 0 amide bonds. The van der Waals surface area contributed by atoms with Gasteiger partial charge in [0.1, 0.15) is 17.3 Å². The van der Waals surface area contributed by atoms with Crippen LogP contribution in [0.5, 0.6) is 11.5 Å². The lowest BCUT2D eigenvalue weighted by molar-refractivity contribution is 0.123. The normalized spacial score (nSPS) is 16.0. The van der Waals surface area contributed by atoms with Crippen LogP contribution in [-0.4, -0.2) is 66.3 Å². The highest BCUT2D eigenvalue weighted by Crippen LogP contribution is 2.23. The number of hydrogen-bond donors (Lipinski definition) is 0. The Hall–Kier alpha value is -2.05. The van der Waals surface area contributed by atoms with E-state index in [1.807, 2.05) is 12.3 Å². The molecule has 148 valence electrons. The molecule has 2 aromatic rings. The standard InChI is InChI=1S/C21H32N4O2/c1-17(2)21-22-5-6-25(21)12-11-23-7-9-24(10-8-23)16-18-13-19(26-3)15-20(14-18)27-4/h5-6,13-15,17H,7-12,16H2,1-4H3. The highest BCUT2D eigenvalue weighted by molar-refractivity contribution is 5.38. The smallest absolute Gasteiger partial charge is 0.122 e. The Bertz CT molecular complexity index is 698. The van der Waals surface area contributed by atoms with E-state index in [1.165, 1.54) is 11.4 Å². The third-order valence-electron chi connectivity index (χ3n) is 5.20. The first kappa shape index (κ1) is 19.7. The lowest BCUT2D eigenvalue weighted by Crippen LogP contribution is -2.46. The number of nitrogens with zero attached hydrogens (tertiary/aromatic N) is 4. The van der Waals surface area contributed by atoms with Crippen LogP contribution in [-0.2, 0) is 13.1 Å². The Morgan fingerprint density at radius 3 is 2.15 bits per heavy atom. The summed E-state index contributed by atoms with van der Waals surface area (Å²) in [5.41, 5.74) is 1.24. The summed E-state index contributed by atoms with van der Waals surface area (Å²) in [6, 6.07) is 6.12. The van der Waals surface area contributed by atoms with Gasteiger partial charge in [0.2, 0.25) is 0 Å². The van der Waals surface area contributed by atoms with Gasteiger partial charge in [-0.2, -0.15) is 0 Å². The van der Waals surface area contributed by atoms with E-state index >= 15 is 0 Å². The SMILES string of the molecule is COc1cc(CN2CCN(CCn3ccnc3C(C)C)CC2)cc(OC)c1. The lowest BCUT2D eigenvalue weighted by Gasteiger charge is -2.35. The van der Waals surface area contributed by atoms with Crippen LogP contribution in [0, 0.1) is 0 Å². The summed E-state index contributed by atoms with van der Waals surface area (Å²) in [6.07, 6.45) is 4.01. The molecule has 1 aliphatic heterocycles. The molecule has 0 unspecified atom stereocenters. The van der Waals surface area contributed by atoms with Gasteiger partial charge < -0.3 is 14.0 Å². The summed E-state index contributed by atoms with van der Waals surface area (Å²) in [6.45, 7) is 11.8. The average molecular weight is 373 g/mol. The minimum absolute atomic E-state index is 0.469. The van der Waals surface area contributed by atoms with E-state index in [0.29, 0.717) is 5.92 Å². The molecule has 0 bridgehead atoms. The molecule has 6 nitrogen and oxygen atoms in total. The summed E-state index contributed by atoms with van der Waals surface area (Å²) in [4.78, 5) is 9.53. The van der Waals surface area contributed by atoms with Gasteiger partial charge in [0.15, 0.2) is 0 Å². The first-order valence-corrected chi connectivity index (χ1v) is 9.76. The predicted molar refractivity (Wildman–Crippen MR) is 108 cm³/mol. The zero-order valence-corrected chi connectivity index (χ0v) is 17.0. The van der Waals surface area contributed by atoms with Crippen LogP contribution in [0.1, 0.15) is 31.2 Å². The third kappa shape index (κ3) is 5.23. The van der Waals surface area contributed by atoms with E-state index in [2.05, 4.69) is 51.5 Å². The number of rotatable bonds is 8. The van der Waals surface area contributed by atoms with Crippen LogP contribution < -0.4 is 9.47 Å². The second kappa shape index (κ2) is 9.24. The quantitative estimate of drug-likeness (QED) is 0.713. The van der Waals surface area contributed by atoms with Crippen LogP contribution in [0.15, 0.2) is 30.6 Å². The number of ether oxygens (including phenoxy) is 2. The first-order chi connectivity index (χ1) is 13.1. The minimum Gasteiger partial charge on any atom is -0.497 e. The van der Waals surface area contributed by atoms with Crippen LogP contribution in [0.4, 0.5) is 0 Å². The van der Waals surface area contributed by atoms with Crippen molar-refractivity contribution in [3.8, 4) is 11.5 Å². The molecule has 0 spiro atoms.